The molecule has 62 valence electrons. The molecule has 0 saturated carbocycles. The minimum absolute atomic E-state index is 0. The molecule has 0 aliphatic heterocycles. The Bertz CT molecular complexity index is 310. The normalized spacial score (nSPS) is 8.00. The first kappa shape index (κ1) is 10.9. The van der Waals surface area contributed by atoms with E-state index in [1.165, 1.54) is 6.92 Å². The molecule has 3 heteroatoms. The lowest BCUT2D eigenvalue weighted by molar-refractivity contribution is 0.101. The van der Waals surface area contributed by atoms with E-state index in [1.54, 1.807) is 24.3 Å². The summed E-state index contributed by atoms with van der Waals surface area (Å²) in [5.41, 5.74) is 1.22. The van der Waals surface area contributed by atoms with Crippen LogP contribution in [0.15, 0.2) is 24.3 Å². The maximum atomic E-state index is 10.8. The van der Waals surface area contributed by atoms with Gasteiger partial charge in [0.15, 0.2) is 5.78 Å². The number of carbonyl (C=O) groups is 1. The fourth-order valence-electron chi connectivity index (χ4n) is 0.779. The Morgan fingerprint density at radius 3 is 2.17 bits per heavy atom. The van der Waals surface area contributed by atoms with Gasteiger partial charge in [-0.15, -0.1) is 17.0 Å². The molecule has 0 aromatic heterocycles. The predicted octanol–water partition coefficient (Wildman–Crippen LogP) is 2.34. The molecule has 0 aliphatic rings. The van der Waals surface area contributed by atoms with Crippen molar-refractivity contribution >= 4 is 22.8 Å². The third-order valence-electron chi connectivity index (χ3n) is 1.42. The molecule has 0 N–H and O–H groups in total. The van der Waals surface area contributed by atoms with Crippen LogP contribution in [0.3, 0.4) is 0 Å². The number of benzene rings is 1. The smallest absolute Gasteiger partial charge is 0.159 e. The van der Waals surface area contributed by atoms with Crippen LogP contribution in [0.25, 0.3) is 0 Å². The first-order valence-corrected chi connectivity index (χ1v) is 3.25. The van der Waals surface area contributed by atoms with Gasteiger partial charge in [-0.05, 0) is 19.1 Å². The van der Waals surface area contributed by atoms with Gasteiger partial charge in [0, 0.05) is 5.56 Å². The van der Waals surface area contributed by atoms with E-state index in [2.05, 4.69) is 0 Å². The van der Waals surface area contributed by atoms with Gasteiger partial charge in [-0.2, -0.15) is 5.26 Å². The van der Waals surface area contributed by atoms with E-state index in [4.69, 9.17) is 5.26 Å². The van der Waals surface area contributed by atoms with Crippen LogP contribution >= 0.6 is 17.0 Å². The fourth-order valence-corrected chi connectivity index (χ4v) is 0.779. The third kappa shape index (κ3) is 2.48. The highest BCUT2D eigenvalue weighted by Gasteiger charge is 1.96. The summed E-state index contributed by atoms with van der Waals surface area (Å²) in [7, 11) is 0. The lowest BCUT2D eigenvalue weighted by atomic mass is 10.1. The summed E-state index contributed by atoms with van der Waals surface area (Å²) in [6.45, 7) is 1.50. The van der Waals surface area contributed by atoms with Crippen LogP contribution in [0, 0.1) is 11.3 Å². The van der Waals surface area contributed by atoms with Gasteiger partial charge in [-0.25, -0.2) is 0 Å². The number of hydrogen-bond acceptors (Lipinski definition) is 2. The fraction of sp³-hybridized carbons (Fsp3) is 0.111. The summed E-state index contributed by atoms with van der Waals surface area (Å²) < 4.78 is 0. The second-order valence-electron chi connectivity index (χ2n) is 2.25. The van der Waals surface area contributed by atoms with Gasteiger partial charge in [0.1, 0.15) is 0 Å². The summed E-state index contributed by atoms with van der Waals surface area (Å²) in [5.74, 6) is 0.0227. The Labute approximate surface area is 81.6 Å². The average molecular weight is 226 g/mol. The number of nitriles is 1. The zero-order chi connectivity index (χ0) is 8.27. The number of rotatable bonds is 1. The van der Waals surface area contributed by atoms with Gasteiger partial charge in [-0.3, -0.25) is 4.79 Å². The first-order chi connectivity index (χ1) is 5.24. The molecule has 1 aromatic rings. The van der Waals surface area contributed by atoms with Gasteiger partial charge in [0.2, 0.25) is 0 Å². The highest BCUT2D eigenvalue weighted by Crippen LogP contribution is 2.03. The standard InChI is InChI=1S/C9H7NO.BrH/c1-7(11)9-4-2-8(6-10)3-5-9;/h2-5H,1H3;1H. The summed E-state index contributed by atoms with van der Waals surface area (Å²) in [6, 6.07) is 8.56. The number of nitrogens with zero attached hydrogens (tertiary/aromatic N) is 1. The number of carbonyl (C=O) groups excluding carboxylic acids is 1. The maximum absolute atomic E-state index is 10.8. The lowest BCUT2D eigenvalue weighted by Gasteiger charge is -1.92. The molecule has 12 heavy (non-hydrogen) atoms. The molecule has 1 rings (SSSR count). The van der Waals surface area contributed by atoms with Crippen molar-refractivity contribution in [2.24, 2.45) is 0 Å². The molecular weight excluding hydrogens is 218 g/mol. The summed E-state index contributed by atoms with van der Waals surface area (Å²) in [6.07, 6.45) is 0. The van der Waals surface area contributed by atoms with E-state index in [9.17, 15) is 4.79 Å². The van der Waals surface area contributed by atoms with E-state index in [1.807, 2.05) is 6.07 Å². The highest BCUT2D eigenvalue weighted by atomic mass is 79.9. The second kappa shape index (κ2) is 4.68. The molecule has 0 saturated heterocycles. The Morgan fingerprint density at radius 2 is 1.83 bits per heavy atom. The zero-order valence-electron chi connectivity index (χ0n) is 6.57. The maximum Gasteiger partial charge on any atom is 0.159 e. The van der Waals surface area contributed by atoms with Gasteiger partial charge >= 0.3 is 0 Å². The van der Waals surface area contributed by atoms with Crippen molar-refractivity contribution < 1.29 is 4.79 Å². The Hall–Kier alpha value is -1.14. The molecule has 0 unspecified atom stereocenters. The highest BCUT2D eigenvalue weighted by molar-refractivity contribution is 8.93. The number of ketones is 1. The van der Waals surface area contributed by atoms with Crippen molar-refractivity contribution in [3.05, 3.63) is 35.4 Å². The third-order valence-corrected chi connectivity index (χ3v) is 1.42. The molecule has 0 bridgehead atoms. The van der Waals surface area contributed by atoms with Gasteiger partial charge in [-0.1, -0.05) is 12.1 Å². The molecule has 0 amide bonds. The van der Waals surface area contributed by atoms with Crippen LogP contribution in [-0.4, -0.2) is 5.78 Å². The summed E-state index contributed by atoms with van der Waals surface area (Å²) >= 11 is 0. The topological polar surface area (TPSA) is 40.9 Å². The molecule has 1 aromatic carbocycles. The lowest BCUT2D eigenvalue weighted by Crippen LogP contribution is -1.90. The molecule has 0 spiro atoms. The molecule has 2 nitrogen and oxygen atoms in total. The van der Waals surface area contributed by atoms with Crippen molar-refractivity contribution in [2.75, 3.05) is 0 Å². The zero-order valence-corrected chi connectivity index (χ0v) is 8.29. The van der Waals surface area contributed by atoms with E-state index in [-0.39, 0.29) is 22.8 Å². The van der Waals surface area contributed by atoms with Crippen molar-refractivity contribution in [1.29, 1.82) is 5.26 Å². The van der Waals surface area contributed by atoms with E-state index in [0.29, 0.717) is 11.1 Å². The average Bonchev–Trinajstić information content (AvgIpc) is 2.05. The molecule has 0 aliphatic carbocycles. The van der Waals surface area contributed by atoms with E-state index < -0.39 is 0 Å². The molecule has 0 fully saturated rings. The van der Waals surface area contributed by atoms with E-state index >= 15 is 0 Å². The minimum Gasteiger partial charge on any atom is -0.295 e. The van der Waals surface area contributed by atoms with Crippen molar-refractivity contribution in [1.82, 2.24) is 0 Å². The Morgan fingerprint density at radius 1 is 1.33 bits per heavy atom. The molecule has 0 heterocycles. The van der Waals surface area contributed by atoms with Crippen molar-refractivity contribution in [3.63, 3.8) is 0 Å². The number of hydrogen-bond donors (Lipinski definition) is 0. The molecule has 0 radical (unpaired) electrons. The van der Waals surface area contributed by atoms with Crippen LogP contribution in [0.1, 0.15) is 22.8 Å². The van der Waals surface area contributed by atoms with Crippen LogP contribution in [0.4, 0.5) is 0 Å². The van der Waals surface area contributed by atoms with Crippen LogP contribution < -0.4 is 0 Å². The first-order valence-electron chi connectivity index (χ1n) is 3.25. The van der Waals surface area contributed by atoms with Gasteiger partial charge in [0.05, 0.1) is 11.6 Å². The predicted molar refractivity (Wildman–Crippen MR) is 51.5 cm³/mol. The molecular formula is C9H8BrNO. The van der Waals surface area contributed by atoms with Gasteiger partial charge in [0.25, 0.3) is 0 Å². The monoisotopic (exact) mass is 225 g/mol. The number of halogens is 1. The molecule has 0 atom stereocenters. The number of Topliss-reactive ketones (excluding diaryl/α,β-unsaturated/α-hetero) is 1. The largest absolute Gasteiger partial charge is 0.295 e. The van der Waals surface area contributed by atoms with Crippen LogP contribution in [0.5, 0.6) is 0 Å². The quantitative estimate of drug-likeness (QED) is 0.689. The van der Waals surface area contributed by atoms with E-state index in [0.717, 1.165) is 0 Å². The SMILES string of the molecule is Br.CC(=O)c1ccc(C#N)cc1. The Balaban J connectivity index is 0.00000121. The minimum atomic E-state index is 0. The van der Waals surface area contributed by atoms with Crippen molar-refractivity contribution in [2.45, 2.75) is 6.92 Å². The van der Waals surface area contributed by atoms with Crippen LogP contribution in [-0.2, 0) is 0 Å². The Kier molecular flexibility index (Phi) is 4.24. The summed E-state index contributed by atoms with van der Waals surface area (Å²) in [4.78, 5) is 10.8. The van der Waals surface area contributed by atoms with Gasteiger partial charge < -0.3 is 0 Å². The summed E-state index contributed by atoms with van der Waals surface area (Å²) in [5, 5.41) is 8.43. The second-order valence-corrected chi connectivity index (χ2v) is 2.25. The van der Waals surface area contributed by atoms with Crippen molar-refractivity contribution in [3.8, 4) is 6.07 Å². The van der Waals surface area contributed by atoms with Crippen LogP contribution in [0.2, 0.25) is 0 Å².